The fraction of sp³-hybridized carbons (Fsp3) is 0.667. The van der Waals surface area contributed by atoms with Crippen molar-refractivity contribution in [2.75, 3.05) is 46.5 Å². The topological polar surface area (TPSA) is 80.3 Å². The summed E-state index contributed by atoms with van der Waals surface area (Å²) in [7, 11) is 1.57. The number of β-amino-alcohol motifs (C(OH)–C–C–N with tert-alkyl or cyclic N) is 1. The molecule has 28 heavy (non-hydrogen) atoms. The molecule has 0 saturated carbocycles. The number of amides is 1. The molecule has 0 radical (unpaired) electrons. The molecule has 0 aromatic heterocycles. The van der Waals surface area contributed by atoms with Crippen molar-refractivity contribution < 1.29 is 24.1 Å². The van der Waals surface area contributed by atoms with E-state index in [4.69, 9.17) is 14.2 Å². The van der Waals surface area contributed by atoms with Gasteiger partial charge in [-0.05, 0) is 38.1 Å². The number of carbonyl (C=O) groups is 1. The first kappa shape index (κ1) is 20.7. The van der Waals surface area contributed by atoms with Crippen molar-refractivity contribution >= 4 is 5.91 Å². The minimum absolute atomic E-state index is 0.0656. The zero-order valence-corrected chi connectivity index (χ0v) is 16.9. The molecule has 1 unspecified atom stereocenters. The number of hydrogen-bond acceptors (Lipinski definition) is 6. The maximum absolute atomic E-state index is 12.8. The molecule has 2 heterocycles. The van der Waals surface area contributed by atoms with Crippen LogP contribution in [0.3, 0.4) is 0 Å². The number of rotatable bonds is 7. The highest BCUT2D eigenvalue weighted by Crippen LogP contribution is 2.41. The van der Waals surface area contributed by atoms with Gasteiger partial charge < -0.3 is 29.5 Å². The second-order valence-corrected chi connectivity index (χ2v) is 7.50. The van der Waals surface area contributed by atoms with Crippen LogP contribution in [-0.2, 0) is 0 Å². The van der Waals surface area contributed by atoms with Gasteiger partial charge in [0.1, 0.15) is 0 Å². The van der Waals surface area contributed by atoms with Gasteiger partial charge in [0.2, 0.25) is 5.75 Å². The zero-order chi connectivity index (χ0) is 19.9. The molecule has 2 aliphatic rings. The van der Waals surface area contributed by atoms with E-state index in [9.17, 15) is 9.90 Å². The molecule has 1 aromatic rings. The Morgan fingerprint density at radius 2 is 2.11 bits per heavy atom. The summed E-state index contributed by atoms with van der Waals surface area (Å²) in [4.78, 5) is 15.1. The quantitative estimate of drug-likeness (QED) is 0.740. The Morgan fingerprint density at radius 1 is 1.32 bits per heavy atom. The molecule has 2 N–H and O–H groups in total. The highest BCUT2D eigenvalue weighted by Gasteiger charge is 2.29. The Bertz CT molecular complexity index is 666. The molecular weight excluding hydrogens is 360 g/mol. The van der Waals surface area contributed by atoms with Crippen LogP contribution in [-0.4, -0.2) is 68.5 Å². The third-order valence-electron chi connectivity index (χ3n) is 5.48. The van der Waals surface area contributed by atoms with E-state index in [0.717, 1.165) is 38.8 Å². The van der Waals surface area contributed by atoms with Gasteiger partial charge in [-0.1, -0.05) is 13.3 Å². The van der Waals surface area contributed by atoms with Crippen LogP contribution in [0.1, 0.15) is 43.0 Å². The van der Waals surface area contributed by atoms with Crippen molar-refractivity contribution in [2.24, 2.45) is 5.92 Å². The van der Waals surface area contributed by atoms with Gasteiger partial charge in [-0.2, -0.15) is 0 Å². The van der Waals surface area contributed by atoms with Crippen molar-refractivity contribution in [3.05, 3.63) is 17.7 Å². The second kappa shape index (κ2) is 9.98. The van der Waals surface area contributed by atoms with Crippen molar-refractivity contribution in [1.82, 2.24) is 10.2 Å². The third-order valence-corrected chi connectivity index (χ3v) is 5.48. The van der Waals surface area contributed by atoms with Gasteiger partial charge >= 0.3 is 0 Å². The number of nitrogens with one attached hydrogen (secondary N) is 1. The summed E-state index contributed by atoms with van der Waals surface area (Å²) in [6.45, 7) is 6.31. The molecule has 2 aliphatic heterocycles. The van der Waals surface area contributed by atoms with Crippen LogP contribution in [0, 0.1) is 5.92 Å². The average Bonchev–Trinajstić information content (AvgIpc) is 2.96. The van der Waals surface area contributed by atoms with Gasteiger partial charge in [-0.25, -0.2) is 0 Å². The standard InChI is InChI=1S/C21H32N2O5/c1-3-4-9-23-10-8-15(17(24)14-23)13-22-21(25)16-6-7-18(26-2)20-19(16)27-11-5-12-28-20/h6-7,15,17,24H,3-5,8-14H2,1-2H3,(H,22,25)/t15-,17?/m0/s1. The van der Waals surface area contributed by atoms with Gasteiger partial charge in [0.25, 0.3) is 5.91 Å². The summed E-state index contributed by atoms with van der Waals surface area (Å²) >= 11 is 0. The van der Waals surface area contributed by atoms with E-state index >= 15 is 0 Å². The number of aliphatic hydroxyl groups excluding tert-OH is 1. The number of likely N-dealkylation sites (tertiary alicyclic amines) is 1. The number of ether oxygens (including phenoxy) is 3. The molecule has 0 spiro atoms. The Morgan fingerprint density at radius 3 is 2.82 bits per heavy atom. The highest BCUT2D eigenvalue weighted by molar-refractivity contribution is 5.98. The van der Waals surface area contributed by atoms with Crippen LogP contribution >= 0.6 is 0 Å². The van der Waals surface area contributed by atoms with Crippen LogP contribution in [0.25, 0.3) is 0 Å². The van der Waals surface area contributed by atoms with Gasteiger partial charge in [-0.15, -0.1) is 0 Å². The number of hydrogen-bond donors (Lipinski definition) is 2. The SMILES string of the molecule is CCCCN1CC[C@@H](CNC(=O)c2ccc(OC)c3c2OCCCO3)C(O)C1. The number of benzene rings is 1. The third kappa shape index (κ3) is 4.89. The molecule has 156 valence electrons. The van der Waals surface area contributed by atoms with Crippen molar-refractivity contribution in [2.45, 2.75) is 38.7 Å². The van der Waals surface area contributed by atoms with Crippen molar-refractivity contribution in [3.63, 3.8) is 0 Å². The number of fused-ring (bicyclic) bond motifs is 1. The normalized spacial score (nSPS) is 22.4. The van der Waals surface area contributed by atoms with Gasteiger partial charge in [-0.3, -0.25) is 4.79 Å². The monoisotopic (exact) mass is 392 g/mol. The van der Waals surface area contributed by atoms with E-state index in [2.05, 4.69) is 17.1 Å². The molecule has 7 heteroatoms. The lowest BCUT2D eigenvalue weighted by molar-refractivity contribution is 0.0217. The lowest BCUT2D eigenvalue weighted by Gasteiger charge is -2.36. The summed E-state index contributed by atoms with van der Waals surface area (Å²) in [6, 6.07) is 3.43. The average molecular weight is 392 g/mol. The first-order valence-electron chi connectivity index (χ1n) is 10.3. The number of unbranched alkanes of at least 4 members (excludes halogenated alkanes) is 1. The molecule has 7 nitrogen and oxygen atoms in total. The van der Waals surface area contributed by atoms with Crippen LogP contribution in [0.4, 0.5) is 0 Å². The zero-order valence-electron chi connectivity index (χ0n) is 16.9. The number of piperidine rings is 1. The summed E-state index contributed by atoms with van der Waals surface area (Å²) in [6.07, 6.45) is 3.52. The highest BCUT2D eigenvalue weighted by atomic mass is 16.5. The maximum Gasteiger partial charge on any atom is 0.255 e. The van der Waals surface area contributed by atoms with E-state index in [1.165, 1.54) is 0 Å². The smallest absolute Gasteiger partial charge is 0.255 e. The molecular formula is C21H32N2O5. The van der Waals surface area contributed by atoms with Crippen LogP contribution in [0.2, 0.25) is 0 Å². The molecule has 1 saturated heterocycles. The van der Waals surface area contributed by atoms with Crippen molar-refractivity contribution in [1.29, 1.82) is 0 Å². The number of carbonyl (C=O) groups excluding carboxylic acids is 1. The fourth-order valence-corrected chi connectivity index (χ4v) is 3.76. The molecule has 1 aromatic carbocycles. The Balaban J connectivity index is 1.61. The Labute approximate surface area is 166 Å². The van der Waals surface area contributed by atoms with Crippen LogP contribution < -0.4 is 19.5 Å². The summed E-state index contributed by atoms with van der Waals surface area (Å²) in [5.74, 6) is 1.32. The fourth-order valence-electron chi connectivity index (χ4n) is 3.76. The second-order valence-electron chi connectivity index (χ2n) is 7.50. The van der Waals surface area contributed by atoms with Crippen LogP contribution in [0.15, 0.2) is 12.1 Å². The van der Waals surface area contributed by atoms with E-state index < -0.39 is 6.10 Å². The first-order chi connectivity index (χ1) is 13.6. The number of aliphatic hydroxyl groups is 1. The van der Waals surface area contributed by atoms with Gasteiger partial charge in [0.05, 0.1) is 32.0 Å². The molecule has 1 fully saturated rings. The Hall–Kier alpha value is -1.99. The minimum atomic E-state index is -0.418. The molecule has 3 rings (SSSR count). The predicted octanol–water partition coefficient (Wildman–Crippen LogP) is 2.07. The van der Waals surface area contributed by atoms with Crippen molar-refractivity contribution in [3.8, 4) is 17.2 Å². The van der Waals surface area contributed by atoms with Crippen LogP contribution in [0.5, 0.6) is 17.2 Å². The van der Waals surface area contributed by atoms with E-state index in [1.54, 1.807) is 19.2 Å². The lowest BCUT2D eigenvalue weighted by Crippen LogP contribution is -2.47. The number of nitrogens with zero attached hydrogens (tertiary/aromatic N) is 1. The van der Waals surface area contributed by atoms with E-state index in [1.807, 2.05) is 0 Å². The largest absolute Gasteiger partial charge is 0.493 e. The molecule has 1 amide bonds. The first-order valence-corrected chi connectivity index (χ1v) is 10.3. The van der Waals surface area contributed by atoms with Gasteiger partial charge in [0, 0.05) is 25.4 Å². The van der Waals surface area contributed by atoms with Gasteiger partial charge in [0.15, 0.2) is 11.5 Å². The van der Waals surface area contributed by atoms with E-state index in [-0.39, 0.29) is 11.8 Å². The molecule has 0 aliphatic carbocycles. The maximum atomic E-state index is 12.8. The van der Waals surface area contributed by atoms with E-state index in [0.29, 0.717) is 49.1 Å². The number of methoxy groups -OCH3 is 1. The minimum Gasteiger partial charge on any atom is -0.493 e. The summed E-state index contributed by atoms with van der Waals surface area (Å²) in [5.41, 5.74) is 0.438. The summed E-state index contributed by atoms with van der Waals surface area (Å²) in [5, 5.41) is 13.4. The predicted molar refractivity (Wildman–Crippen MR) is 106 cm³/mol. The Kier molecular flexibility index (Phi) is 7.39. The summed E-state index contributed by atoms with van der Waals surface area (Å²) < 4.78 is 16.9. The lowest BCUT2D eigenvalue weighted by atomic mass is 9.93. The molecule has 2 atom stereocenters. The molecule has 0 bridgehead atoms.